The van der Waals surface area contributed by atoms with Crippen molar-refractivity contribution >= 4 is 8.32 Å². The summed E-state index contributed by atoms with van der Waals surface area (Å²) in [5, 5.41) is 9.47. The summed E-state index contributed by atoms with van der Waals surface area (Å²) in [4.78, 5) is 0. The summed E-state index contributed by atoms with van der Waals surface area (Å²) in [6.07, 6.45) is 5.37. The fourth-order valence-electron chi connectivity index (χ4n) is 1.56. The van der Waals surface area contributed by atoms with Gasteiger partial charge in [-0.05, 0) is 24.6 Å². The van der Waals surface area contributed by atoms with Crippen molar-refractivity contribution in [3.8, 4) is 0 Å². The maximum Gasteiger partial charge on any atom is 0.192 e. The minimum atomic E-state index is -1.68. The smallest absolute Gasteiger partial charge is 0.192 e. The quantitative estimate of drug-likeness (QED) is 0.594. The topological polar surface area (TPSA) is 29.5 Å². The van der Waals surface area contributed by atoms with Gasteiger partial charge in [0.05, 0.1) is 12.7 Å². The molecule has 1 aliphatic carbocycles. The molecule has 0 saturated carbocycles. The van der Waals surface area contributed by atoms with Gasteiger partial charge in [-0.15, -0.1) is 0 Å². The average molecular weight is 228 g/mol. The van der Waals surface area contributed by atoms with Gasteiger partial charge in [0, 0.05) is 5.92 Å². The van der Waals surface area contributed by atoms with Crippen LogP contribution in [0.5, 0.6) is 0 Å². The van der Waals surface area contributed by atoms with E-state index in [1.165, 1.54) is 0 Å². The van der Waals surface area contributed by atoms with Gasteiger partial charge in [0.25, 0.3) is 0 Å². The molecule has 2 nitrogen and oxygen atoms in total. The van der Waals surface area contributed by atoms with E-state index in [2.05, 4.69) is 46.0 Å². The predicted molar refractivity (Wildman–Crippen MR) is 66.4 cm³/mol. The van der Waals surface area contributed by atoms with E-state index in [9.17, 15) is 5.11 Å². The molecule has 0 aromatic rings. The summed E-state index contributed by atoms with van der Waals surface area (Å²) >= 11 is 0. The molecule has 0 bridgehead atoms. The second-order valence-electron chi connectivity index (χ2n) is 5.93. The molecule has 88 valence electrons. The highest BCUT2D eigenvalue weighted by Crippen LogP contribution is 2.39. The lowest BCUT2D eigenvalue weighted by Crippen LogP contribution is -2.45. The Hall–Kier alpha value is -0.123. The van der Waals surface area contributed by atoms with Gasteiger partial charge in [-0.1, -0.05) is 32.9 Å². The van der Waals surface area contributed by atoms with E-state index in [0.717, 1.165) is 6.42 Å². The van der Waals surface area contributed by atoms with Crippen molar-refractivity contribution in [2.24, 2.45) is 5.92 Å². The van der Waals surface area contributed by atoms with Crippen LogP contribution in [0.4, 0.5) is 0 Å². The SMILES string of the molecule is CC(C)(C)[Si](C)(C)O[C@H]1CC=C[C@H]1CO. The highest BCUT2D eigenvalue weighted by molar-refractivity contribution is 6.74. The first-order valence-corrected chi connectivity index (χ1v) is 8.64. The van der Waals surface area contributed by atoms with Gasteiger partial charge >= 0.3 is 0 Å². The van der Waals surface area contributed by atoms with Crippen molar-refractivity contribution in [3.05, 3.63) is 12.2 Å². The van der Waals surface area contributed by atoms with Crippen LogP contribution in [-0.4, -0.2) is 26.1 Å². The number of aliphatic hydroxyl groups excluding tert-OH is 1. The first-order chi connectivity index (χ1) is 6.78. The van der Waals surface area contributed by atoms with E-state index < -0.39 is 8.32 Å². The maximum atomic E-state index is 9.22. The molecule has 0 unspecified atom stereocenters. The van der Waals surface area contributed by atoms with E-state index in [1.807, 2.05) is 0 Å². The molecule has 0 aliphatic heterocycles. The predicted octanol–water partition coefficient (Wildman–Crippen LogP) is 2.95. The molecule has 1 N–H and O–H groups in total. The third-order valence-electron chi connectivity index (χ3n) is 3.69. The summed E-state index contributed by atoms with van der Waals surface area (Å²) in [6, 6.07) is 0. The van der Waals surface area contributed by atoms with Crippen LogP contribution in [0, 0.1) is 5.92 Å². The summed E-state index contributed by atoms with van der Waals surface area (Å²) in [5.74, 6) is 0.208. The Kier molecular flexibility index (Phi) is 3.79. The molecule has 0 heterocycles. The van der Waals surface area contributed by atoms with Crippen molar-refractivity contribution < 1.29 is 9.53 Å². The van der Waals surface area contributed by atoms with Gasteiger partial charge in [0.15, 0.2) is 8.32 Å². The molecule has 15 heavy (non-hydrogen) atoms. The van der Waals surface area contributed by atoms with Crippen LogP contribution in [0.25, 0.3) is 0 Å². The Morgan fingerprint density at radius 1 is 1.40 bits per heavy atom. The van der Waals surface area contributed by atoms with Crippen molar-refractivity contribution in [1.82, 2.24) is 0 Å². The molecule has 0 saturated heterocycles. The fraction of sp³-hybridized carbons (Fsp3) is 0.833. The summed E-state index contributed by atoms with van der Waals surface area (Å²) < 4.78 is 6.28. The van der Waals surface area contributed by atoms with E-state index in [4.69, 9.17) is 4.43 Å². The van der Waals surface area contributed by atoms with Crippen molar-refractivity contribution in [2.45, 2.75) is 51.4 Å². The van der Waals surface area contributed by atoms with Crippen molar-refractivity contribution in [1.29, 1.82) is 0 Å². The van der Waals surface area contributed by atoms with Crippen LogP contribution in [0.15, 0.2) is 12.2 Å². The zero-order valence-electron chi connectivity index (χ0n) is 10.6. The lowest BCUT2D eigenvalue weighted by molar-refractivity contribution is 0.111. The molecule has 0 aromatic heterocycles. The van der Waals surface area contributed by atoms with Crippen LogP contribution in [0.3, 0.4) is 0 Å². The van der Waals surface area contributed by atoms with Gasteiger partial charge < -0.3 is 9.53 Å². The highest BCUT2D eigenvalue weighted by atomic mass is 28.4. The molecule has 0 spiro atoms. The van der Waals surface area contributed by atoms with Crippen LogP contribution in [0.1, 0.15) is 27.2 Å². The van der Waals surface area contributed by atoms with Gasteiger partial charge in [-0.2, -0.15) is 0 Å². The molecule has 0 radical (unpaired) electrons. The van der Waals surface area contributed by atoms with Crippen LogP contribution < -0.4 is 0 Å². The Balaban J connectivity index is 2.62. The van der Waals surface area contributed by atoms with Crippen molar-refractivity contribution in [3.63, 3.8) is 0 Å². The third kappa shape index (κ3) is 2.92. The average Bonchev–Trinajstić information content (AvgIpc) is 2.48. The lowest BCUT2D eigenvalue weighted by Gasteiger charge is -2.39. The first kappa shape index (κ1) is 12.9. The van der Waals surface area contributed by atoms with E-state index in [0.29, 0.717) is 0 Å². The molecular formula is C12H24O2Si. The van der Waals surface area contributed by atoms with Gasteiger partial charge in [0.2, 0.25) is 0 Å². The zero-order valence-corrected chi connectivity index (χ0v) is 11.6. The van der Waals surface area contributed by atoms with E-state index >= 15 is 0 Å². The zero-order chi connectivity index (χ0) is 11.7. The molecule has 3 heteroatoms. The lowest BCUT2D eigenvalue weighted by atomic mass is 10.1. The van der Waals surface area contributed by atoms with Crippen LogP contribution in [-0.2, 0) is 4.43 Å². The third-order valence-corrected chi connectivity index (χ3v) is 8.20. The second kappa shape index (κ2) is 4.40. The monoisotopic (exact) mass is 228 g/mol. The Labute approximate surface area is 94.5 Å². The number of hydrogen-bond acceptors (Lipinski definition) is 2. The normalized spacial score (nSPS) is 27.3. The standard InChI is InChI=1S/C12H24O2Si/c1-12(2,3)15(4,5)14-11-8-6-7-10(11)9-13/h6-7,10-11,13H,8-9H2,1-5H3/t10-,11-/m0/s1. The Morgan fingerprint density at radius 3 is 2.47 bits per heavy atom. The number of rotatable bonds is 3. The second-order valence-corrected chi connectivity index (χ2v) is 10.7. The summed E-state index contributed by atoms with van der Waals surface area (Å²) in [5.41, 5.74) is 0. The van der Waals surface area contributed by atoms with Crippen molar-refractivity contribution in [2.75, 3.05) is 6.61 Å². The first-order valence-electron chi connectivity index (χ1n) is 5.73. The summed E-state index contributed by atoms with van der Waals surface area (Å²) in [6.45, 7) is 11.5. The molecule has 2 atom stereocenters. The van der Waals surface area contributed by atoms with Gasteiger partial charge in [-0.3, -0.25) is 0 Å². The molecule has 0 fully saturated rings. The van der Waals surface area contributed by atoms with E-state index in [1.54, 1.807) is 0 Å². The maximum absolute atomic E-state index is 9.22. The number of aliphatic hydroxyl groups is 1. The Morgan fingerprint density at radius 2 is 2.00 bits per heavy atom. The molecule has 0 aromatic carbocycles. The molecule has 0 amide bonds. The molecule has 1 rings (SSSR count). The molecule has 1 aliphatic rings. The molecular weight excluding hydrogens is 204 g/mol. The van der Waals surface area contributed by atoms with E-state index in [-0.39, 0.29) is 23.7 Å². The largest absolute Gasteiger partial charge is 0.413 e. The van der Waals surface area contributed by atoms with Crippen LogP contribution >= 0.6 is 0 Å². The minimum Gasteiger partial charge on any atom is -0.413 e. The number of hydrogen-bond donors (Lipinski definition) is 1. The highest BCUT2D eigenvalue weighted by Gasteiger charge is 2.40. The van der Waals surface area contributed by atoms with Crippen LogP contribution in [0.2, 0.25) is 18.1 Å². The summed E-state index contributed by atoms with van der Waals surface area (Å²) in [7, 11) is -1.68. The van der Waals surface area contributed by atoms with Gasteiger partial charge in [0.1, 0.15) is 0 Å². The Bertz CT molecular complexity index is 240. The minimum absolute atomic E-state index is 0.204. The fourth-order valence-corrected chi connectivity index (χ4v) is 2.94. The van der Waals surface area contributed by atoms with Gasteiger partial charge in [-0.25, -0.2) is 0 Å².